The van der Waals surface area contributed by atoms with Gasteiger partial charge in [-0.05, 0) is 67.4 Å². The number of hydrogen-bond acceptors (Lipinski definition) is 8. The molecule has 4 saturated heterocycles. The Balaban J connectivity index is 1.25. The molecule has 3 aromatic carbocycles. The summed E-state index contributed by atoms with van der Waals surface area (Å²) in [7, 11) is 0. The van der Waals surface area contributed by atoms with Gasteiger partial charge in [-0.3, -0.25) is 4.90 Å². The SMILES string of the molecule is C#Cc1c(F)ccc2cc(N)cc(-c3cc4c5c(nc(OC[C@@]67CCCN6C[C@H](F)C7)nc5c3F)N3CC5CC[C@@H](N5)[C@@H]3CO4)c12. The van der Waals surface area contributed by atoms with Crippen molar-refractivity contribution in [3.8, 4) is 35.2 Å². The first-order valence-corrected chi connectivity index (χ1v) is 16.0. The van der Waals surface area contributed by atoms with E-state index in [-0.39, 0.29) is 47.4 Å². The van der Waals surface area contributed by atoms with Crippen LogP contribution in [0.1, 0.15) is 37.7 Å². The molecular formula is C35H33F3N6O2. The minimum atomic E-state index is -0.909. The number of aromatic nitrogens is 2. The van der Waals surface area contributed by atoms with Crippen molar-refractivity contribution in [2.45, 2.75) is 61.9 Å². The lowest BCUT2D eigenvalue weighted by Crippen LogP contribution is -2.60. The van der Waals surface area contributed by atoms with E-state index >= 15 is 4.39 Å². The van der Waals surface area contributed by atoms with Gasteiger partial charge in [0.2, 0.25) is 0 Å². The Morgan fingerprint density at radius 1 is 1.13 bits per heavy atom. The summed E-state index contributed by atoms with van der Waals surface area (Å²) in [4.78, 5) is 14.0. The van der Waals surface area contributed by atoms with Crippen LogP contribution in [-0.4, -0.2) is 77.6 Å². The van der Waals surface area contributed by atoms with E-state index < -0.39 is 23.3 Å². The van der Waals surface area contributed by atoms with Gasteiger partial charge in [0.1, 0.15) is 42.3 Å². The first kappa shape index (κ1) is 28.0. The molecule has 9 rings (SSSR count). The largest absolute Gasteiger partial charge is 0.491 e. The minimum absolute atomic E-state index is 0.0218. The van der Waals surface area contributed by atoms with E-state index in [0.29, 0.717) is 65.1 Å². The van der Waals surface area contributed by atoms with Gasteiger partial charge in [0.15, 0.2) is 5.82 Å². The molecule has 5 aliphatic heterocycles. The van der Waals surface area contributed by atoms with Crippen molar-refractivity contribution < 1.29 is 22.6 Å². The van der Waals surface area contributed by atoms with Crippen LogP contribution in [-0.2, 0) is 0 Å². The van der Waals surface area contributed by atoms with Crippen molar-refractivity contribution in [3.05, 3.63) is 47.5 Å². The number of piperazine rings is 1. The molecule has 0 aliphatic carbocycles. The van der Waals surface area contributed by atoms with Gasteiger partial charge in [0.25, 0.3) is 0 Å². The van der Waals surface area contributed by atoms with Crippen molar-refractivity contribution >= 4 is 33.2 Å². The third kappa shape index (κ3) is 4.09. The van der Waals surface area contributed by atoms with Crippen molar-refractivity contribution in [1.82, 2.24) is 20.2 Å². The number of nitrogens with one attached hydrogen (secondary N) is 1. The van der Waals surface area contributed by atoms with Crippen LogP contribution in [0.3, 0.4) is 0 Å². The molecule has 3 N–H and O–H groups in total. The molecule has 0 saturated carbocycles. The Bertz CT molecular complexity index is 1980. The molecule has 0 radical (unpaired) electrons. The number of halogens is 3. The molecule has 2 bridgehead atoms. The Morgan fingerprint density at radius 3 is 2.89 bits per heavy atom. The maximum Gasteiger partial charge on any atom is 0.319 e. The van der Waals surface area contributed by atoms with Crippen molar-refractivity contribution in [2.75, 3.05) is 43.5 Å². The van der Waals surface area contributed by atoms with Gasteiger partial charge in [-0.15, -0.1) is 6.42 Å². The molecule has 11 heteroatoms. The fourth-order valence-electron chi connectivity index (χ4n) is 8.77. The third-order valence-electron chi connectivity index (χ3n) is 10.8. The molecule has 0 spiro atoms. The molecule has 46 heavy (non-hydrogen) atoms. The van der Waals surface area contributed by atoms with E-state index in [1.165, 1.54) is 6.07 Å². The summed E-state index contributed by atoms with van der Waals surface area (Å²) in [5.41, 5.74) is 6.76. The van der Waals surface area contributed by atoms with Crippen molar-refractivity contribution in [2.24, 2.45) is 0 Å². The molecule has 1 unspecified atom stereocenters. The first-order chi connectivity index (χ1) is 22.3. The van der Waals surface area contributed by atoms with E-state index in [1.54, 1.807) is 24.3 Å². The van der Waals surface area contributed by atoms with Crippen LogP contribution < -0.4 is 25.4 Å². The second-order valence-electron chi connectivity index (χ2n) is 13.5. The number of anilines is 2. The van der Waals surface area contributed by atoms with Gasteiger partial charge < -0.3 is 25.4 Å². The number of ether oxygens (including phenoxy) is 2. The standard InChI is InChI=1S/C35H33F3N6O2/c1-2-22-25(37)6-4-18-10-20(39)11-23(29(18)22)24-12-28-30-32(31(24)38)41-34(46-17-35-8-3-9-43(35)14-19(36)13-35)42-33(30)44-15-21-5-7-26(40-21)27(44)16-45-28/h1,4,6,10-12,19,21,26-27,40H,3,5,7-9,13-17,39H2/t19-,21?,26-,27+,35+/m1/s1. The molecule has 8 nitrogen and oxygen atoms in total. The highest BCUT2D eigenvalue weighted by Crippen LogP contribution is 2.47. The maximum absolute atomic E-state index is 17.1. The molecule has 4 fully saturated rings. The summed E-state index contributed by atoms with van der Waals surface area (Å²) in [5, 5.41) is 5.12. The van der Waals surface area contributed by atoms with Crippen LogP contribution in [0.4, 0.5) is 24.7 Å². The lowest BCUT2D eigenvalue weighted by molar-refractivity contribution is 0.107. The highest BCUT2D eigenvalue weighted by atomic mass is 19.1. The maximum atomic E-state index is 17.1. The second-order valence-corrected chi connectivity index (χ2v) is 13.5. The summed E-state index contributed by atoms with van der Waals surface area (Å²) in [6.07, 6.45) is 9.08. The predicted octanol–water partition coefficient (Wildman–Crippen LogP) is 4.95. The van der Waals surface area contributed by atoms with Crippen LogP contribution >= 0.6 is 0 Å². The van der Waals surface area contributed by atoms with Crippen molar-refractivity contribution in [3.63, 3.8) is 0 Å². The van der Waals surface area contributed by atoms with E-state index in [9.17, 15) is 8.78 Å². The second kappa shape index (κ2) is 10.1. The van der Waals surface area contributed by atoms with Gasteiger partial charge in [0.05, 0.1) is 22.5 Å². The van der Waals surface area contributed by atoms with Gasteiger partial charge in [0, 0.05) is 48.2 Å². The number of nitrogens with zero attached hydrogens (tertiary/aromatic N) is 4. The van der Waals surface area contributed by atoms with Gasteiger partial charge in [-0.25, -0.2) is 13.2 Å². The highest BCUT2D eigenvalue weighted by molar-refractivity contribution is 6.06. The summed E-state index contributed by atoms with van der Waals surface area (Å²) >= 11 is 0. The topological polar surface area (TPSA) is 88.8 Å². The van der Waals surface area contributed by atoms with Crippen LogP contribution in [0.2, 0.25) is 0 Å². The van der Waals surface area contributed by atoms with Crippen LogP contribution in [0.15, 0.2) is 30.3 Å². The summed E-state index contributed by atoms with van der Waals surface area (Å²) in [5.74, 6) is 2.20. The number of benzene rings is 3. The molecule has 1 aromatic heterocycles. The summed E-state index contributed by atoms with van der Waals surface area (Å²) in [6.45, 7) is 2.47. The fourth-order valence-corrected chi connectivity index (χ4v) is 8.77. The first-order valence-electron chi connectivity index (χ1n) is 16.0. The highest BCUT2D eigenvalue weighted by Gasteiger charge is 2.50. The zero-order valence-corrected chi connectivity index (χ0v) is 25.2. The van der Waals surface area contributed by atoms with E-state index in [4.69, 9.17) is 26.6 Å². The smallest absolute Gasteiger partial charge is 0.319 e. The van der Waals surface area contributed by atoms with Gasteiger partial charge >= 0.3 is 6.01 Å². The molecule has 4 aromatic rings. The lowest BCUT2D eigenvalue weighted by Gasteiger charge is -2.40. The Morgan fingerprint density at radius 2 is 2.02 bits per heavy atom. The molecule has 5 aliphatic rings. The van der Waals surface area contributed by atoms with E-state index in [2.05, 4.69) is 26.0 Å². The number of fused-ring (bicyclic) bond motifs is 7. The minimum Gasteiger partial charge on any atom is -0.491 e. The van der Waals surface area contributed by atoms with Gasteiger partial charge in [-0.1, -0.05) is 12.0 Å². The fraction of sp³-hybridized carbons (Fsp3) is 0.429. The van der Waals surface area contributed by atoms with Crippen LogP contribution in [0, 0.1) is 24.0 Å². The average Bonchev–Trinajstić information content (AvgIpc) is 3.68. The summed E-state index contributed by atoms with van der Waals surface area (Å²) in [6, 6.07) is 8.26. The predicted molar refractivity (Wildman–Crippen MR) is 170 cm³/mol. The zero-order valence-electron chi connectivity index (χ0n) is 25.2. The molecule has 5 atom stereocenters. The molecule has 236 valence electrons. The number of hydrogen-bond donors (Lipinski definition) is 2. The number of nitrogens with two attached hydrogens (primary N) is 1. The number of nitrogen functional groups attached to an aromatic ring is 1. The van der Waals surface area contributed by atoms with Crippen molar-refractivity contribution in [1.29, 1.82) is 0 Å². The zero-order chi connectivity index (χ0) is 31.3. The molecular weight excluding hydrogens is 593 g/mol. The normalized spacial score (nSPS) is 28.2. The third-order valence-corrected chi connectivity index (χ3v) is 10.8. The Kier molecular flexibility index (Phi) is 6.15. The van der Waals surface area contributed by atoms with E-state index in [1.807, 2.05) is 0 Å². The van der Waals surface area contributed by atoms with Gasteiger partial charge in [-0.2, -0.15) is 9.97 Å². The Hall–Kier alpha value is -4.27. The summed E-state index contributed by atoms with van der Waals surface area (Å²) < 4.78 is 59.4. The number of alkyl halides is 1. The van der Waals surface area contributed by atoms with E-state index in [0.717, 1.165) is 32.2 Å². The Labute approximate surface area is 264 Å². The lowest BCUT2D eigenvalue weighted by atomic mass is 9.92. The molecule has 0 amide bonds. The molecule has 6 heterocycles. The van der Waals surface area contributed by atoms with Crippen LogP contribution in [0.25, 0.3) is 32.8 Å². The van der Waals surface area contributed by atoms with Crippen LogP contribution in [0.5, 0.6) is 11.8 Å². The average molecular weight is 627 g/mol. The number of rotatable bonds is 4. The monoisotopic (exact) mass is 626 g/mol. The number of terminal acetylenes is 1. The quantitative estimate of drug-likeness (QED) is 0.243.